The number of nitrogens with zero attached hydrogens (tertiary/aromatic N) is 5. The van der Waals surface area contributed by atoms with Crippen LogP contribution in [0.25, 0.3) is 39.4 Å². The molecule has 3 aromatic heterocycles. The maximum atomic E-state index is 13.4. The first-order chi connectivity index (χ1) is 20.5. The molecule has 9 heteroatoms. The topological polar surface area (TPSA) is 83.5 Å². The van der Waals surface area contributed by atoms with Gasteiger partial charge in [-0.1, -0.05) is 42.9 Å². The number of fused-ring (bicyclic) bond motifs is 1. The monoisotopic (exact) mass is 577 g/mol. The number of para-hydroxylation sites is 1. The second-order valence-electron chi connectivity index (χ2n) is 10.2. The maximum Gasteiger partial charge on any atom is 0.291 e. The number of rotatable bonds is 10. The van der Waals surface area contributed by atoms with Crippen LogP contribution in [0, 0.1) is 0 Å². The fourth-order valence-corrected chi connectivity index (χ4v) is 5.42. The molecule has 0 amide bonds. The number of thiazole rings is 1. The van der Waals surface area contributed by atoms with Crippen LogP contribution in [0.15, 0.2) is 89.9 Å². The summed E-state index contributed by atoms with van der Waals surface area (Å²) in [6.45, 7) is 6.82. The molecule has 0 unspecified atom stereocenters. The smallest absolute Gasteiger partial charge is 0.291 e. The summed E-state index contributed by atoms with van der Waals surface area (Å²) in [5.74, 6) is 2.11. The molecular formula is C33H31N5O3S. The van der Waals surface area contributed by atoms with Gasteiger partial charge in [0, 0.05) is 22.9 Å². The molecular weight excluding hydrogens is 546 g/mol. The molecule has 8 nitrogen and oxygen atoms in total. The summed E-state index contributed by atoms with van der Waals surface area (Å²) in [6, 6.07) is 25.4. The molecule has 0 fully saturated rings. The van der Waals surface area contributed by atoms with E-state index in [-0.39, 0.29) is 11.7 Å². The molecule has 6 rings (SSSR count). The Morgan fingerprint density at radius 2 is 1.62 bits per heavy atom. The van der Waals surface area contributed by atoms with Gasteiger partial charge in [0.05, 0.1) is 22.9 Å². The van der Waals surface area contributed by atoms with Gasteiger partial charge in [-0.05, 0) is 87.0 Å². The zero-order valence-electron chi connectivity index (χ0n) is 23.7. The van der Waals surface area contributed by atoms with Gasteiger partial charge in [-0.2, -0.15) is 14.6 Å². The molecule has 6 aromatic rings. The first kappa shape index (κ1) is 27.4. The van der Waals surface area contributed by atoms with Crippen LogP contribution in [0.2, 0.25) is 0 Å². The van der Waals surface area contributed by atoms with E-state index in [9.17, 15) is 4.79 Å². The molecule has 42 heavy (non-hydrogen) atoms. The molecule has 212 valence electrons. The molecule has 0 saturated heterocycles. The number of aromatic nitrogens is 5. The van der Waals surface area contributed by atoms with Gasteiger partial charge < -0.3 is 9.47 Å². The van der Waals surface area contributed by atoms with Crippen molar-refractivity contribution in [2.45, 2.75) is 39.7 Å². The third kappa shape index (κ3) is 5.82. The quantitative estimate of drug-likeness (QED) is 0.181. The predicted octanol–water partition coefficient (Wildman–Crippen LogP) is 6.18. The largest absolute Gasteiger partial charge is 0.494 e. The first-order valence-electron chi connectivity index (χ1n) is 14.0. The van der Waals surface area contributed by atoms with Gasteiger partial charge in [-0.15, -0.1) is 5.10 Å². The molecule has 0 bridgehead atoms. The van der Waals surface area contributed by atoms with E-state index in [0.29, 0.717) is 21.9 Å². The normalized spacial score (nSPS) is 12.0. The fraction of sp³-hybridized carbons (Fsp3) is 0.212. The average Bonchev–Trinajstić information content (AvgIpc) is 3.69. The number of unbranched alkanes of at least 4 members (excludes halogenated alkanes) is 1. The molecule has 0 aliphatic heterocycles. The molecule has 0 radical (unpaired) electrons. The van der Waals surface area contributed by atoms with Crippen LogP contribution in [0.3, 0.4) is 0 Å². The minimum atomic E-state index is -0.215. The third-order valence-corrected chi connectivity index (χ3v) is 7.57. The van der Waals surface area contributed by atoms with Crippen molar-refractivity contribution < 1.29 is 9.47 Å². The Bertz CT molecular complexity index is 1910. The summed E-state index contributed by atoms with van der Waals surface area (Å²) in [5.41, 5.74) is 4.03. The molecule has 0 aliphatic rings. The number of benzene rings is 3. The number of hydrogen-bond donors (Lipinski definition) is 0. The van der Waals surface area contributed by atoms with Crippen LogP contribution in [0.5, 0.6) is 11.5 Å². The highest BCUT2D eigenvalue weighted by Crippen LogP contribution is 2.27. The van der Waals surface area contributed by atoms with Gasteiger partial charge in [-0.25, -0.2) is 4.68 Å². The van der Waals surface area contributed by atoms with E-state index in [1.54, 1.807) is 0 Å². The highest BCUT2D eigenvalue weighted by molar-refractivity contribution is 7.15. The van der Waals surface area contributed by atoms with Crippen LogP contribution >= 0.6 is 11.3 Å². The number of hydrogen-bond acceptors (Lipinski definition) is 7. The van der Waals surface area contributed by atoms with Crippen LogP contribution in [-0.4, -0.2) is 37.1 Å². The predicted molar refractivity (Wildman–Crippen MR) is 167 cm³/mol. The lowest BCUT2D eigenvalue weighted by Crippen LogP contribution is -2.23. The van der Waals surface area contributed by atoms with E-state index in [0.717, 1.165) is 52.4 Å². The Hall–Kier alpha value is -4.76. The molecule has 0 spiro atoms. The zero-order chi connectivity index (χ0) is 29.1. The van der Waals surface area contributed by atoms with E-state index in [4.69, 9.17) is 14.6 Å². The van der Waals surface area contributed by atoms with Crippen molar-refractivity contribution in [2.24, 2.45) is 0 Å². The maximum absolute atomic E-state index is 13.4. The van der Waals surface area contributed by atoms with Crippen LogP contribution < -0.4 is 19.6 Å². The Morgan fingerprint density at radius 3 is 2.31 bits per heavy atom. The summed E-state index contributed by atoms with van der Waals surface area (Å²) in [7, 11) is 0. The summed E-state index contributed by atoms with van der Waals surface area (Å²) in [6.07, 6.45) is 5.99. The highest BCUT2D eigenvalue weighted by Gasteiger charge is 2.15. The first-order valence-corrected chi connectivity index (χ1v) is 14.9. The minimum absolute atomic E-state index is 0.0864. The summed E-state index contributed by atoms with van der Waals surface area (Å²) >= 11 is 1.31. The summed E-state index contributed by atoms with van der Waals surface area (Å²) in [5, 5.41) is 9.42. The van der Waals surface area contributed by atoms with Gasteiger partial charge in [0.15, 0.2) is 5.82 Å². The van der Waals surface area contributed by atoms with Gasteiger partial charge in [0.1, 0.15) is 17.2 Å². The Labute approximate surface area is 247 Å². The van der Waals surface area contributed by atoms with E-state index >= 15 is 0 Å². The van der Waals surface area contributed by atoms with Gasteiger partial charge in [0.2, 0.25) is 4.96 Å². The van der Waals surface area contributed by atoms with E-state index in [1.807, 2.05) is 110 Å². The second kappa shape index (κ2) is 12.0. The van der Waals surface area contributed by atoms with Crippen molar-refractivity contribution >= 4 is 22.4 Å². The Morgan fingerprint density at radius 1 is 0.905 bits per heavy atom. The molecule has 0 saturated carbocycles. The lowest BCUT2D eigenvalue weighted by molar-refractivity contribution is 0.242. The molecule has 0 N–H and O–H groups in total. The zero-order valence-corrected chi connectivity index (χ0v) is 24.5. The Kier molecular flexibility index (Phi) is 7.83. The summed E-state index contributed by atoms with van der Waals surface area (Å²) in [4.78, 5) is 18.6. The minimum Gasteiger partial charge on any atom is -0.494 e. The van der Waals surface area contributed by atoms with Gasteiger partial charge >= 0.3 is 0 Å². The molecule has 3 heterocycles. The lowest BCUT2D eigenvalue weighted by atomic mass is 10.1. The third-order valence-electron chi connectivity index (χ3n) is 6.61. The molecule has 3 aromatic carbocycles. The molecule has 0 aliphatic carbocycles. The van der Waals surface area contributed by atoms with Crippen molar-refractivity contribution in [3.05, 3.63) is 106 Å². The van der Waals surface area contributed by atoms with Crippen molar-refractivity contribution in [3.63, 3.8) is 0 Å². The fourth-order valence-electron chi connectivity index (χ4n) is 4.53. The highest BCUT2D eigenvalue weighted by atomic mass is 32.1. The molecule has 0 atom stereocenters. The lowest BCUT2D eigenvalue weighted by Gasteiger charge is -2.09. The van der Waals surface area contributed by atoms with Crippen LogP contribution in [0.4, 0.5) is 0 Å². The van der Waals surface area contributed by atoms with Crippen LogP contribution in [0.1, 0.15) is 39.2 Å². The van der Waals surface area contributed by atoms with E-state index in [2.05, 4.69) is 17.0 Å². The second-order valence-corrected chi connectivity index (χ2v) is 11.2. The van der Waals surface area contributed by atoms with E-state index < -0.39 is 0 Å². The standard InChI is InChI=1S/C33H31N5O3S/c1-4-5-19-40-27-15-13-24(14-16-27)31-34-33-38(36-31)32(39)29(42-33)20-25-21-37(26-9-7-6-8-10-26)35-30(25)23-11-17-28(18-12-23)41-22(2)3/h6-18,20-22H,4-5,19H2,1-3H3/b29-20-. The van der Waals surface area contributed by atoms with Crippen molar-refractivity contribution in [2.75, 3.05) is 6.61 Å². The van der Waals surface area contributed by atoms with E-state index in [1.165, 1.54) is 15.9 Å². The number of ether oxygens (including phenoxy) is 2. The van der Waals surface area contributed by atoms with Crippen molar-refractivity contribution in [1.29, 1.82) is 0 Å². The SMILES string of the molecule is CCCCOc1ccc(-c2nc3s/c(=C\c4cn(-c5ccccc5)nc4-c4ccc(OC(C)C)cc4)c(=O)n3n2)cc1. The van der Waals surface area contributed by atoms with Crippen LogP contribution in [-0.2, 0) is 0 Å². The van der Waals surface area contributed by atoms with Crippen molar-refractivity contribution in [3.8, 4) is 39.8 Å². The van der Waals surface area contributed by atoms with Crippen molar-refractivity contribution in [1.82, 2.24) is 24.4 Å². The average molecular weight is 578 g/mol. The van der Waals surface area contributed by atoms with Gasteiger partial charge in [-0.3, -0.25) is 4.79 Å². The van der Waals surface area contributed by atoms with Gasteiger partial charge in [0.25, 0.3) is 5.56 Å². The Balaban J connectivity index is 1.35. The summed E-state index contributed by atoms with van der Waals surface area (Å²) < 4.78 is 15.3.